The van der Waals surface area contributed by atoms with Crippen LogP contribution in [0.2, 0.25) is 0 Å². The van der Waals surface area contributed by atoms with Crippen LogP contribution in [0.4, 0.5) is 5.69 Å². The van der Waals surface area contributed by atoms with Gasteiger partial charge in [0, 0.05) is 17.3 Å². The third-order valence-electron chi connectivity index (χ3n) is 4.83. The van der Waals surface area contributed by atoms with Crippen molar-refractivity contribution < 1.29 is 14.3 Å². The summed E-state index contributed by atoms with van der Waals surface area (Å²) in [5, 5.41) is 12.0. The minimum atomic E-state index is -0.269. The second-order valence-corrected chi connectivity index (χ2v) is 6.77. The van der Waals surface area contributed by atoms with Crippen LogP contribution in [-0.4, -0.2) is 35.1 Å². The highest BCUT2D eigenvalue weighted by molar-refractivity contribution is 6.05. The first-order valence-corrected chi connectivity index (χ1v) is 9.60. The molecule has 4 aromatic rings. The lowest BCUT2D eigenvalue weighted by Crippen LogP contribution is -2.12. The number of fused-ring (bicyclic) bond motifs is 1. The van der Waals surface area contributed by atoms with Crippen molar-refractivity contribution >= 4 is 22.6 Å². The van der Waals surface area contributed by atoms with Crippen molar-refractivity contribution in [2.24, 2.45) is 0 Å². The molecular formula is C23H22N4O3. The van der Waals surface area contributed by atoms with Crippen molar-refractivity contribution in [3.05, 3.63) is 71.8 Å². The molecule has 1 aromatic heterocycles. The van der Waals surface area contributed by atoms with Crippen LogP contribution in [0.5, 0.6) is 11.5 Å². The number of aromatic nitrogens is 3. The Balaban J connectivity index is 1.58. The van der Waals surface area contributed by atoms with Crippen LogP contribution in [0, 0.1) is 0 Å². The molecule has 30 heavy (non-hydrogen) atoms. The van der Waals surface area contributed by atoms with Crippen LogP contribution in [0.1, 0.15) is 22.8 Å². The summed E-state index contributed by atoms with van der Waals surface area (Å²) < 4.78 is 10.5. The van der Waals surface area contributed by atoms with Crippen LogP contribution in [0.3, 0.4) is 0 Å². The SMILES string of the molecule is CCc1ccc(-n2nc3ccc(NC(=O)c4cc(OC)cc(OC)c4)cc3n2)cc1. The van der Waals surface area contributed by atoms with Crippen LogP contribution in [0.15, 0.2) is 60.7 Å². The Labute approximate surface area is 174 Å². The largest absolute Gasteiger partial charge is 0.497 e. The van der Waals surface area contributed by atoms with E-state index in [1.54, 1.807) is 49.3 Å². The van der Waals surface area contributed by atoms with Crippen molar-refractivity contribution in [1.29, 1.82) is 0 Å². The topological polar surface area (TPSA) is 78.3 Å². The standard InChI is InChI=1S/C23H22N4O3/c1-4-15-5-8-18(9-6-15)27-25-21-10-7-17(13-22(21)26-27)24-23(28)16-11-19(29-2)14-20(12-16)30-3/h5-14H,4H2,1-3H3,(H,24,28). The van der Waals surface area contributed by atoms with Gasteiger partial charge in [-0.15, -0.1) is 10.2 Å². The van der Waals surface area contributed by atoms with E-state index in [1.807, 2.05) is 18.2 Å². The number of ether oxygens (including phenoxy) is 2. The molecule has 3 aromatic carbocycles. The number of benzene rings is 3. The molecule has 1 heterocycles. The molecular weight excluding hydrogens is 380 g/mol. The fraction of sp³-hybridized carbons (Fsp3) is 0.174. The Morgan fingerprint density at radius 3 is 2.20 bits per heavy atom. The molecule has 0 unspecified atom stereocenters. The summed E-state index contributed by atoms with van der Waals surface area (Å²) in [6, 6.07) is 18.6. The highest BCUT2D eigenvalue weighted by Gasteiger charge is 2.12. The molecule has 0 saturated carbocycles. The fourth-order valence-electron chi connectivity index (χ4n) is 3.11. The van der Waals surface area contributed by atoms with Gasteiger partial charge in [0.1, 0.15) is 22.5 Å². The molecule has 0 aliphatic heterocycles. The summed E-state index contributed by atoms with van der Waals surface area (Å²) in [6.07, 6.45) is 0.983. The summed E-state index contributed by atoms with van der Waals surface area (Å²) in [6.45, 7) is 2.12. The van der Waals surface area contributed by atoms with Gasteiger partial charge < -0.3 is 14.8 Å². The average Bonchev–Trinajstić information content (AvgIpc) is 3.22. The van der Waals surface area contributed by atoms with E-state index in [-0.39, 0.29) is 5.91 Å². The van der Waals surface area contributed by atoms with Gasteiger partial charge in [0.2, 0.25) is 0 Å². The quantitative estimate of drug-likeness (QED) is 0.522. The lowest BCUT2D eigenvalue weighted by atomic mass is 10.1. The summed E-state index contributed by atoms with van der Waals surface area (Å²) in [5.74, 6) is 0.827. The Hall–Kier alpha value is -3.87. The maximum atomic E-state index is 12.7. The zero-order chi connectivity index (χ0) is 21.1. The number of nitrogens with zero attached hydrogens (tertiary/aromatic N) is 3. The highest BCUT2D eigenvalue weighted by atomic mass is 16.5. The Morgan fingerprint density at radius 1 is 0.900 bits per heavy atom. The monoisotopic (exact) mass is 402 g/mol. The maximum absolute atomic E-state index is 12.7. The van der Waals surface area contributed by atoms with E-state index < -0.39 is 0 Å². The summed E-state index contributed by atoms with van der Waals surface area (Å²) >= 11 is 0. The van der Waals surface area contributed by atoms with Crippen LogP contribution in [-0.2, 0) is 6.42 Å². The molecule has 0 spiro atoms. The molecule has 7 nitrogen and oxygen atoms in total. The molecule has 0 bridgehead atoms. The van der Waals surface area contributed by atoms with Gasteiger partial charge >= 0.3 is 0 Å². The Bertz CT molecular complexity index is 1180. The number of hydrogen-bond acceptors (Lipinski definition) is 5. The van der Waals surface area contributed by atoms with E-state index >= 15 is 0 Å². The van der Waals surface area contributed by atoms with E-state index in [1.165, 1.54) is 5.56 Å². The first kappa shape index (κ1) is 19.4. The lowest BCUT2D eigenvalue weighted by molar-refractivity contribution is 0.102. The average molecular weight is 402 g/mol. The molecule has 0 radical (unpaired) electrons. The highest BCUT2D eigenvalue weighted by Crippen LogP contribution is 2.24. The lowest BCUT2D eigenvalue weighted by Gasteiger charge is -2.09. The molecule has 4 rings (SSSR count). The van der Waals surface area contributed by atoms with Crippen LogP contribution >= 0.6 is 0 Å². The van der Waals surface area contributed by atoms with E-state index in [9.17, 15) is 4.79 Å². The number of amides is 1. The normalized spacial score (nSPS) is 10.8. The molecule has 0 fully saturated rings. The number of hydrogen-bond donors (Lipinski definition) is 1. The van der Waals surface area contributed by atoms with Crippen molar-refractivity contribution in [3.63, 3.8) is 0 Å². The van der Waals surface area contributed by atoms with Gasteiger partial charge in [0.25, 0.3) is 5.91 Å². The zero-order valence-corrected chi connectivity index (χ0v) is 17.0. The van der Waals surface area contributed by atoms with Gasteiger partial charge in [0.15, 0.2) is 0 Å². The minimum absolute atomic E-state index is 0.269. The third-order valence-corrected chi connectivity index (χ3v) is 4.83. The second kappa shape index (κ2) is 8.24. The van der Waals surface area contributed by atoms with Crippen molar-refractivity contribution in [3.8, 4) is 17.2 Å². The van der Waals surface area contributed by atoms with E-state index in [2.05, 4.69) is 34.6 Å². The number of nitrogens with one attached hydrogen (secondary N) is 1. The van der Waals surface area contributed by atoms with Gasteiger partial charge in [-0.3, -0.25) is 4.79 Å². The summed E-state index contributed by atoms with van der Waals surface area (Å²) in [4.78, 5) is 14.3. The van der Waals surface area contributed by atoms with Gasteiger partial charge in [-0.25, -0.2) is 0 Å². The third kappa shape index (κ3) is 3.96. The van der Waals surface area contributed by atoms with Gasteiger partial charge in [-0.2, -0.15) is 4.80 Å². The first-order valence-electron chi connectivity index (χ1n) is 9.60. The van der Waals surface area contributed by atoms with Crippen molar-refractivity contribution in [2.75, 3.05) is 19.5 Å². The summed E-state index contributed by atoms with van der Waals surface area (Å²) in [5.41, 5.74) is 4.65. The molecule has 0 saturated heterocycles. The number of carbonyl (C=O) groups excluding carboxylic acids is 1. The molecule has 1 N–H and O–H groups in total. The second-order valence-electron chi connectivity index (χ2n) is 6.77. The number of rotatable bonds is 6. The van der Waals surface area contributed by atoms with Gasteiger partial charge in [-0.1, -0.05) is 19.1 Å². The number of aryl methyl sites for hydroxylation is 1. The van der Waals surface area contributed by atoms with Crippen LogP contribution < -0.4 is 14.8 Å². The number of methoxy groups -OCH3 is 2. The van der Waals surface area contributed by atoms with Gasteiger partial charge in [-0.05, 0) is 54.4 Å². The van der Waals surface area contributed by atoms with E-state index in [0.717, 1.165) is 17.6 Å². The van der Waals surface area contributed by atoms with Crippen LogP contribution in [0.25, 0.3) is 16.7 Å². The van der Waals surface area contributed by atoms with Gasteiger partial charge in [0.05, 0.1) is 19.9 Å². The maximum Gasteiger partial charge on any atom is 0.255 e. The molecule has 0 atom stereocenters. The predicted molar refractivity (Wildman–Crippen MR) is 116 cm³/mol. The molecule has 7 heteroatoms. The summed E-state index contributed by atoms with van der Waals surface area (Å²) in [7, 11) is 3.09. The smallest absolute Gasteiger partial charge is 0.255 e. The van der Waals surface area contributed by atoms with Crippen molar-refractivity contribution in [1.82, 2.24) is 15.0 Å². The fourth-order valence-corrected chi connectivity index (χ4v) is 3.11. The molecule has 1 amide bonds. The number of anilines is 1. The number of carbonyl (C=O) groups is 1. The molecule has 152 valence electrons. The minimum Gasteiger partial charge on any atom is -0.497 e. The van der Waals surface area contributed by atoms with E-state index in [0.29, 0.717) is 28.3 Å². The Morgan fingerprint density at radius 2 is 1.57 bits per heavy atom. The van der Waals surface area contributed by atoms with E-state index in [4.69, 9.17) is 9.47 Å². The predicted octanol–water partition coefficient (Wildman–Crippen LogP) is 4.25. The van der Waals surface area contributed by atoms with Crippen molar-refractivity contribution in [2.45, 2.75) is 13.3 Å². The molecule has 0 aliphatic rings. The Kier molecular flexibility index (Phi) is 5.34. The zero-order valence-electron chi connectivity index (χ0n) is 17.0. The molecule has 0 aliphatic carbocycles. The first-order chi connectivity index (χ1) is 14.6.